The summed E-state index contributed by atoms with van der Waals surface area (Å²) in [5, 5.41) is 10.9. The first-order chi connectivity index (χ1) is 11.4. The van der Waals surface area contributed by atoms with E-state index in [1.165, 1.54) is 30.2 Å². The van der Waals surface area contributed by atoms with Crippen LogP contribution in [0.4, 0.5) is 11.4 Å². The van der Waals surface area contributed by atoms with Crippen LogP contribution in [0.1, 0.15) is 6.92 Å². The van der Waals surface area contributed by atoms with Gasteiger partial charge in [-0.3, -0.25) is 14.9 Å². The fourth-order valence-electron chi connectivity index (χ4n) is 2.16. The lowest BCUT2D eigenvalue weighted by molar-refractivity contribution is -0.385. The monoisotopic (exact) mass is 330 g/mol. The van der Waals surface area contributed by atoms with Gasteiger partial charge in [-0.2, -0.15) is 0 Å². The summed E-state index contributed by atoms with van der Waals surface area (Å²) in [5.41, 5.74) is 0.589. The SMILES string of the molecule is COc1ccc([N+](=O)[O-])cc1OC(C)C(=O)N(C)c1ccccc1. The lowest BCUT2D eigenvalue weighted by Crippen LogP contribution is -2.38. The van der Waals surface area contributed by atoms with E-state index in [0.29, 0.717) is 5.75 Å². The largest absolute Gasteiger partial charge is 0.493 e. The van der Waals surface area contributed by atoms with Gasteiger partial charge < -0.3 is 14.4 Å². The number of hydrogen-bond acceptors (Lipinski definition) is 5. The van der Waals surface area contributed by atoms with Crippen molar-refractivity contribution in [2.24, 2.45) is 0 Å². The standard InChI is InChI=1S/C17H18N2O5/c1-12(17(20)18(2)13-7-5-4-6-8-13)24-16-11-14(19(21)22)9-10-15(16)23-3/h4-12H,1-3H3. The van der Waals surface area contributed by atoms with Gasteiger partial charge in [0.15, 0.2) is 17.6 Å². The zero-order chi connectivity index (χ0) is 17.7. The lowest BCUT2D eigenvalue weighted by Gasteiger charge is -2.22. The van der Waals surface area contributed by atoms with E-state index >= 15 is 0 Å². The van der Waals surface area contributed by atoms with Crippen LogP contribution in [0.5, 0.6) is 11.5 Å². The maximum atomic E-state index is 12.5. The number of nitrogens with zero attached hydrogens (tertiary/aromatic N) is 2. The Labute approximate surface area is 139 Å². The number of ether oxygens (including phenoxy) is 2. The molecule has 7 nitrogen and oxygen atoms in total. The highest BCUT2D eigenvalue weighted by Gasteiger charge is 2.23. The van der Waals surface area contributed by atoms with E-state index in [0.717, 1.165) is 5.69 Å². The number of carbonyl (C=O) groups is 1. The van der Waals surface area contributed by atoms with Crippen LogP contribution in [0.15, 0.2) is 48.5 Å². The van der Waals surface area contributed by atoms with Gasteiger partial charge in [-0.1, -0.05) is 18.2 Å². The Kier molecular flexibility index (Phi) is 5.36. The Balaban J connectivity index is 2.19. The molecule has 0 aromatic heterocycles. The van der Waals surface area contributed by atoms with E-state index < -0.39 is 11.0 Å². The Morgan fingerprint density at radius 2 is 1.83 bits per heavy atom. The second-order valence-corrected chi connectivity index (χ2v) is 5.09. The minimum atomic E-state index is -0.842. The number of non-ortho nitro benzene ring substituents is 1. The number of nitro groups is 1. The van der Waals surface area contributed by atoms with Gasteiger partial charge in [0.05, 0.1) is 18.1 Å². The molecule has 0 heterocycles. The van der Waals surface area contributed by atoms with Gasteiger partial charge in [0.1, 0.15) is 0 Å². The number of hydrogen-bond donors (Lipinski definition) is 0. The van der Waals surface area contributed by atoms with Crippen molar-refractivity contribution in [2.45, 2.75) is 13.0 Å². The molecule has 1 amide bonds. The minimum Gasteiger partial charge on any atom is -0.493 e. The Morgan fingerprint density at radius 3 is 2.42 bits per heavy atom. The molecule has 0 fully saturated rings. The fraction of sp³-hybridized carbons (Fsp3) is 0.235. The number of methoxy groups -OCH3 is 1. The molecule has 126 valence electrons. The molecule has 0 bridgehead atoms. The number of para-hydroxylation sites is 1. The van der Waals surface area contributed by atoms with Crippen molar-refractivity contribution < 1.29 is 19.2 Å². The number of carbonyl (C=O) groups excluding carboxylic acids is 1. The molecule has 0 N–H and O–H groups in total. The Bertz CT molecular complexity index is 733. The molecule has 2 aromatic rings. The van der Waals surface area contributed by atoms with E-state index in [1.54, 1.807) is 26.1 Å². The normalized spacial score (nSPS) is 11.5. The van der Waals surface area contributed by atoms with Gasteiger partial charge in [0.25, 0.3) is 11.6 Å². The van der Waals surface area contributed by atoms with Crippen molar-refractivity contribution in [2.75, 3.05) is 19.1 Å². The summed E-state index contributed by atoms with van der Waals surface area (Å²) in [5.74, 6) is 0.186. The first-order valence-corrected chi connectivity index (χ1v) is 7.25. The zero-order valence-corrected chi connectivity index (χ0v) is 13.6. The molecule has 0 saturated heterocycles. The highest BCUT2D eigenvalue weighted by Crippen LogP contribution is 2.32. The summed E-state index contributed by atoms with van der Waals surface area (Å²) >= 11 is 0. The Hall–Kier alpha value is -3.09. The average molecular weight is 330 g/mol. The first kappa shape index (κ1) is 17.3. The summed E-state index contributed by atoms with van der Waals surface area (Å²) in [6.07, 6.45) is -0.842. The summed E-state index contributed by atoms with van der Waals surface area (Å²) in [6.45, 7) is 1.58. The molecule has 1 atom stereocenters. The highest BCUT2D eigenvalue weighted by atomic mass is 16.6. The van der Waals surface area contributed by atoms with Crippen LogP contribution in [-0.4, -0.2) is 31.1 Å². The third-order valence-electron chi connectivity index (χ3n) is 3.48. The van der Waals surface area contributed by atoms with Crippen molar-refractivity contribution in [1.29, 1.82) is 0 Å². The van der Waals surface area contributed by atoms with Crippen molar-refractivity contribution in [3.8, 4) is 11.5 Å². The predicted molar refractivity (Wildman–Crippen MR) is 89.6 cm³/mol. The molecule has 0 aliphatic heterocycles. The third-order valence-corrected chi connectivity index (χ3v) is 3.48. The molecule has 7 heteroatoms. The molecule has 0 radical (unpaired) electrons. The van der Waals surface area contributed by atoms with Gasteiger partial charge in [-0.25, -0.2) is 0 Å². The molecular weight excluding hydrogens is 312 g/mol. The van der Waals surface area contributed by atoms with Gasteiger partial charge in [-0.15, -0.1) is 0 Å². The number of benzene rings is 2. The van der Waals surface area contributed by atoms with E-state index in [-0.39, 0.29) is 17.3 Å². The number of rotatable bonds is 6. The minimum absolute atomic E-state index is 0.137. The van der Waals surface area contributed by atoms with Crippen LogP contribution in [0.3, 0.4) is 0 Å². The van der Waals surface area contributed by atoms with Crippen molar-refractivity contribution in [3.05, 3.63) is 58.6 Å². The molecule has 1 unspecified atom stereocenters. The molecule has 2 aromatic carbocycles. The number of anilines is 1. The second-order valence-electron chi connectivity index (χ2n) is 5.09. The quantitative estimate of drug-likeness (QED) is 0.600. The first-order valence-electron chi connectivity index (χ1n) is 7.25. The van der Waals surface area contributed by atoms with Crippen molar-refractivity contribution >= 4 is 17.3 Å². The van der Waals surface area contributed by atoms with E-state index in [9.17, 15) is 14.9 Å². The molecule has 24 heavy (non-hydrogen) atoms. The lowest BCUT2D eigenvalue weighted by atomic mass is 10.2. The van der Waals surface area contributed by atoms with E-state index in [4.69, 9.17) is 9.47 Å². The summed E-state index contributed by atoms with van der Waals surface area (Å²) < 4.78 is 10.7. The summed E-state index contributed by atoms with van der Waals surface area (Å²) in [7, 11) is 3.07. The fourth-order valence-corrected chi connectivity index (χ4v) is 2.16. The van der Waals surface area contributed by atoms with Crippen molar-refractivity contribution in [3.63, 3.8) is 0 Å². The van der Waals surface area contributed by atoms with Gasteiger partial charge in [0, 0.05) is 18.8 Å². The molecule has 0 aliphatic rings. The molecule has 2 rings (SSSR count). The average Bonchev–Trinajstić information content (AvgIpc) is 2.60. The van der Waals surface area contributed by atoms with Crippen LogP contribution in [0.25, 0.3) is 0 Å². The summed E-state index contributed by atoms with van der Waals surface area (Å²) in [6, 6.07) is 13.1. The Morgan fingerprint density at radius 1 is 1.17 bits per heavy atom. The molecule has 0 aliphatic carbocycles. The van der Waals surface area contributed by atoms with Crippen LogP contribution < -0.4 is 14.4 Å². The second kappa shape index (κ2) is 7.45. The predicted octanol–water partition coefficient (Wildman–Crippen LogP) is 3.03. The smallest absolute Gasteiger partial charge is 0.273 e. The summed E-state index contributed by atoms with van der Waals surface area (Å²) in [4.78, 5) is 24.3. The molecule has 0 spiro atoms. The third kappa shape index (κ3) is 3.81. The van der Waals surface area contributed by atoms with Crippen molar-refractivity contribution in [1.82, 2.24) is 0 Å². The maximum absolute atomic E-state index is 12.5. The number of nitro benzene ring substituents is 1. The number of likely N-dealkylation sites (N-methyl/N-ethyl adjacent to an activating group) is 1. The van der Waals surface area contributed by atoms with Crippen LogP contribution >= 0.6 is 0 Å². The topological polar surface area (TPSA) is 81.9 Å². The highest BCUT2D eigenvalue weighted by molar-refractivity contribution is 5.96. The van der Waals surface area contributed by atoms with E-state index in [1.807, 2.05) is 18.2 Å². The van der Waals surface area contributed by atoms with Crippen LogP contribution in [-0.2, 0) is 4.79 Å². The maximum Gasteiger partial charge on any atom is 0.273 e. The van der Waals surface area contributed by atoms with Gasteiger partial charge in [-0.05, 0) is 25.1 Å². The molecular formula is C17H18N2O5. The van der Waals surface area contributed by atoms with Gasteiger partial charge in [0.2, 0.25) is 0 Å². The van der Waals surface area contributed by atoms with Crippen LogP contribution in [0, 0.1) is 10.1 Å². The van der Waals surface area contributed by atoms with Crippen LogP contribution in [0.2, 0.25) is 0 Å². The molecule has 0 saturated carbocycles. The van der Waals surface area contributed by atoms with Gasteiger partial charge >= 0.3 is 0 Å². The zero-order valence-electron chi connectivity index (χ0n) is 13.6. The van der Waals surface area contributed by atoms with E-state index in [2.05, 4.69) is 0 Å². The number of amides is 1.